The molecule has 2 aromatic rings. The van der Waals surface area contributed by atoms with Gasteiger partial charge in [-0.05, 0) is 30.3 Å². The van der Waals surface area contributed by atoms with Crippen molar-refractivity contribution in [3.63, 3.8) is 0 Å². The van der Waals surface area contributed by atoms with E-state index in [-0.39, 0.29) is 42.0 Å². The Morgan fingerprint density at radius 3 is 2.52 bits per heavy atom. The molecule has 2 aliphatic rings. The van der Waals surface area contributed by atoms with Crippen molar-refractivity contribution in [3.8, 4) is 5.75 Å². The fourth-order valence-corrected chi connectivity index (χ4v) is 3.93. The number of nitrogens with zero attached hydrogens (tertiary/aromatic N) is 3. The molecule has 0 spiro atoms. The number of para-hydroxylation sites is 2. The average Bonchev–Trinajstić information content (AvgIpc) is 2.79. The van der Waals surface area contributed by atoms with Gasteiger partial charge in [0.25, 0.3) is 11.8 Å². The van der Waals surface area contributed by atoms with E-state index in [0.717, 1.165) is 0 Å². The van der Waals surface area contributed by atoms with E-state index < -0.39 is 11.7 Å². The number of anilines is 1. The molecule has 7 nitrogen and oxygen atoms in total. The Hall–Kier alpha value is -3.13. The van der Waals surface area contributed by atoms with Crippen LogP contribution in [0.1, 0.15) is 16.8 Å². The monoisotopic (exact) mass is 445 g/mol. The first-order valence-corrected chi connectivity index (χ1v) is 10.4. The molecular weight excluding hydrogens is 425 g/mol. The maximum atomic E-state index is 14.0. The Bertz CT molecular complexity index is 1020. The van der Waals surface area contributed by atoms with Crippen molar-refractivity contribution in [2.75, 3.05) is 44.2 Å². The Labute approximate surface area is 183 Å². The summed E-state index contributed by atoms with van der Waals surface area (Å²) in [5, 5.41) is 0.290. The largest absolute Gasteiger partial charge is 0.482 e. The standard InChI is InChI=1S/C22H21ClFN3O4/c23-15-5-6-17(24)16(13-15)22(30)26-11-9-25(10-12-26)20(28)7-8-27-18-3-1-2-4-19(18)31-14-21(27)29/h1-6,13H,7-12,14H2. The van der Waals surface area contributed by atoms with Gasteiger partial charge in [-0.2, -0.15) is 0 Å². The predicted molar refractivity (Wildman–Crippen MR) is 113 cm³/mol. The lowest BCUT2D eigenvalue weighted by molar-refractivity contribution is -0.132. The Morgan fingerprint density at radius 1 is 1.03 bits per heavy atom. The molecule has 162 valence electrons. The summed E-state index contributed by atoms with van der Waals surface area (Å²) in [6.45, 7) is 1.50. The van der Waals surface area contributed by atoms with Crippen LogP contribution in [0.25, 0.3) is 0 Å². The van der Waals surface area contributed by atoms with Crippen LogP contribution in [0, 0.1) is 5.82 Å². The number of hydrogen-bond acceptors (Lipinski definition) is 4. The maximum absolute atomic E-state index is 14.0. The molecule has 0 aromatic heterocycles. The van der Waals surface area contributed by atoms with E-state index in [1.54, 1.807) is 21.9 Å². The highest BCUT2D eigenvalue weighted by molar-refractivity contribution is 6.31. The molecule has 0 N–H and O–H groups in total. The molecule has 2 aliphatic heterocycles. The lowest BCUT2D eigenvalue weighted by atomic mass is 10.1. The highest BCUT2D eigenvalue weighted by atomic mass is 35.5. The molecular formula is C22H21ClFN3O4. The molecule has 0 bridgehead atoms. The molecule has 0 radical (unpaired) electrons. The van der Waals surface area contributed by atoms with Crippen LogP contribution in [0.4, 0.5) is 10.1 Å². The second-order valence-corrected chi connectivity index (χ2v) is 7.79. The molecule has 2 heterocycles. The van der Waals surface area contributed by atoms with Gasteiger partial charge in [-0.25, -0.2) is 4.39 Å². The zero-order valence-corrected chi connectivity index (χ0v) is 17.5. The number of ether oxygens (including phenoxy) is 1. The van der Waals surface area contributed by atoms with Gasteiger partial charge >= 0.3 is 0 Å². The summed E-state index contributed by atoms with van der Waals surface area (Å²) in [6, 6.07) is 11.1. The lowest BCUT2D eigenvalue weighted by Crippen LogP contribution is -2.51. The Balaban J connectivity index is 1.32. The number of carbonyl (C=O) groups excluding carboxylic acids is 3. The number of carbonyl (C=O) groups is 3. The molecule has 1 saturated heterocycles. The molecule has 3 amide bonds. The van der Waals surface area contributed by atoms with Crippen molar-refractivity contribution in [1.82, 2.24) is 9.80 Å². The number of fused-ring (bicyclic) bond motifs is 1. The minimum absolute atomic E-state index is 0.0496. The van der Waals surface area contributed by atoms with E-state index in [1.165, 1.54) is 23.1 Å². The lowest BCUT2D eigenvalue weighted by Gasteiger charge is -2.35. The van der Waals surface area contributed by atoms with Crippen molar-refractivity contribution in [3.05, 3.63) is 58.9 Å². The van der Waals surface area contributed by atoms with Crippen molar-refractivity contribution >= 4 is 35.0 Å². The van der Waals surface area contributed by atoms with E-state index in [0.29, 0.717) is 37.6 Å². The fourth-order valence-electron chi connectivity index (χ4n) is 3.76. The smallest absolute Gasteiger partial charge is 0.265 e. The van der Waals surface area contributed by atoms with Gasteiger partial charge in [0.1, 0.15) is 11.6 Å². The number of piperazine rings is 1. The van der Waals surface area contributed by atoms with Gasteiger partial charge < -0.3 is 19.4 Å². The summed E-state index contributed by atoms with van der Waals surface area (Å²) >= 11 is 5.88. The Kier molecular flexibility index (Phi) is 6.08. The zero-order valence-electron chi connectivity index (χ0n) is 16.7. The first-order chi connectivity index (χ1) is 14.9. The first-order valence-electron chi connectivity index (χ1n) is 9.98. The zero-order chi connectivity index (χ0) is 22.0. The number of rotatable bonds is 4. The molecule has 1 fully saturated rings. The molecule has 0 aliphatic carbocycles. The molecule has 2 aromatic carbocycles. The van der Waals surface area contributed by atoms with Crippen molar-refractivity contribution in [2.45, 2.75) is 6.42 Å². The second-order valence-electron chi connectivity index (χ2n) is 7.35. The summed E-state index contributed by atoms with van der Waals surface area (Å²) in [5.74, 6) is -0.732. The minimum atomic E-state index is -0.622. The van der Waals surface area contributed by atoms with Gasteiger partial charge in [-0.3, -0.25) is 14.4 Å². The van der Waals surface area contributed by atoms with Crippen LogP contribution >= 0.6 is 11.6 Å². The summed E-state index contributed by atoms with van der Waals surface area (Å²) in [4.78, 5) is 42.3. The van der Waals surface area contributed by atoms with E-state index >= 15 is 0 Å². The molecule has 4 rings (SSSR count). The van der Waals surface area contributed by atoms with Gasteiger partial charge in [0, 0.05) is 44.2 Å². The number of amides is 3. The quantitative estimate of drug-likeness (QED) is 0.725. The van der Waals surface area contributed by atoms with E-state index in [4.69, 9.17) is 16.3 Å². The maximum Gasteiger partial charge on any atom is 0.265 e. The van der Waals surface area contributed by atoms with Crippen LogP contribution in [0.2, 0.25) is 5.02 Å². The normalized spacial score (nSPS) is 16.1. The van der Waals surface area contributed by atoms with Gasteiger partial charge in [0.15, 0.2) is 6.61 Å². The third-order valence-electron chi connectivity index (χ3n) is 5.44. The summed E-state index contributed by atoms with van der Waals surface area (Å²) in [6.07, 6.45) is 0.164. The van der Waals surface area contributed by atoms with Crippen molar-refractivity contribution in [1.29, 1.82) is 0 Å². The van der Waals surface area contributed by atoms with Crippen LogP contribution in [-0.2, 0) is 9.59 Å². The summed E-state index contributed by atoms with van der Waals surface area (Å²) < 4.78 is 19.4. The number of halogens is 2. The van der Waals surface area contributed by atoms with Crippen molar-refractivity contribution in [2.24, 2.45) is 0 Å². The van der Waals surface area contributed by atoms with E-state index in [1.807, 2.05) is 12.1 Å². The van der Waals surface area contributed by atoms with Gasteiger partial charge in [-0.15, -0.1) is 0 Å². The molecule has 0 saturated carbocycles. The average molecular weight is 446 g/mol. The van der Waals surface area contributed by atoms with Gasteiger partial charge in [0.05, 0.1) is 11.3 Å². The van der Waals surface area contributed by atoms with Crippen LogP contribution in [-0.4, -0.2) is 66.9 Å². The van der Waals surface area contributed by atoms with Crippen LogP contribution in [0.3, 0.4) is 0 Å². The molecule has 0 unspecified atom stereocenters. The summed E-state index contributed by atoms with van der Waals surface area (Å²) in [7, 11) is 0. The highest BCUT2D eigenvalue weighted by Gasteiger charge is 2.29. The molecule has 0 atom stereocenters. The van der Waals surface area contributed by atoms with Crippen molar-refractivity contribution < 1.29 is 23.5 Å². The van der Waals surface area contributed by atoms with Crippen LogP contribution in [0.15, 0.2) is 42.5 Å². The van der Waals surface area contributed by atoms with Crippen LogP contribution in [0.5, 0.6) is 5.75 Å². The van der Waals surface area contributed by atoms with Gasteiger partial charge in [-0.1, -0.05) is 23.7 Å². The number of hydrogen-bond donors (Lipinski definition) is 0. The van der Waals surface area contributed by atoms with Crippen LogP contribution < -0.4 is 9.64 Å². The third-order valence-corrected chi connectivity index (χ3v) is 5.67. The second kappa shape index (κ2) is 8.93. The predicted octanol–water partition coefficient (Wildman–Crippen LogP) is 2.58. The first kappa shape index (κ1) is 21.1. The minimum Gasteiger partial charge on any atom is -0.482 e. The Morgan fingerprint density at radius 2 is 1.74 bits per heavy atom. The molecule has 31 heavy (non-hydrogen) atoms. The van der Waals surface area contributed by atoms with Gasteiger partial charge in [0.2, 0.25) is 5.91 Å². The third kappa shape index (κ3) is 4.49. The summed E-state index contributed by atoms with van der Waals surface area (Å²) in [5.41, 5.74) is 0.585. The molecule has 9 heteroatoms. The van der Waals surface area contributed by atoms with E-state index in [9.17, 15) is 18.8 Å². The fraction of sp³-hybridized carbons (Fsp3) is 0.318. The SMILES string of the molecule is O=C(CCN1C(=O)COc2ccccc21)N1CCN(C(=O)c2cc(Cl)ccc2F)CC1. The van der Waals surface area contributed by atoms with E-state index in [2.05, 4.69) is 0 Å². The topological polar surface area (TPSA) is 70.2 Å². The number of benzene rings is 2. The highest BCUT2D eigenvalue weighted by Crippen LogP contribution is 2.31.